The Bertz CT molecular complexity index is 1240. The molecule has 0 unspecified atom stereocenters. The van der Waals surface area contributed by atoms with E-state index in [2.05, 4.69) is 30.8 Å². The molecular weight excluding hydrogens is 416 g/mol. The first-order valence-electron chi connectivity index (χ1n) is 10.5. The third-order valence-electron chi connectivity index (χ3n) is 5.79. The molecule has 0 saturated heterocycles. The molecule has 1 aromatic carbocycles. The maximum absolute atomic E-state index is 14.3. The van der Waals surface area contributed by atoms with Crippen LogP contribution in [0.3, 0.4) is 0 Å². The van der Waals surface area contributed by atoms with Crippen molar-refractivity contribution in [1.82, 2.24) is 40.2 Å². The maximum Gasteiger partial charge on any atom is 0.190 e. The Morgan fingerprint density at radius 1 is 1.06 bits per heavy atom. The quantitative estimate of drug-likeness (QED) is 0.509. The fourth-order valence-electron chi connectivity index (χ4n) is 4.12. The summed E-state index contributed by atoms with van der Waals surface area (Å²) in [5, 5.41) is 19.9. The molecule has 2 N–H and O–H groups in total. The molecule has 0 spiro atoms. The molecule has 1 saturated carbocycles. The average molecular weight is 437 g/mol. The van der Waals surface area contributed by atoms with Crippen LogP contribution in [-0.2, 0) is 6.54 Å². The van der Waals surface area contributed by atoms with Crippen LogP contribution >= 0.6 is 0 Å². The van der Waals surface area contributed by atoms with E-state index in [0.29, 0.717) is 22.7 Å². The Morgan fingerprint density at radius 2 is 1.91 bits per heavy atom. The molecule has 0 radical (unpaired) electrons. The molecule has 32 heavy (non-hydrogen) atoms. The molecule has 1 fully saturated rings. The first-order valence-corrected chi connectivity index (χ1v) is 10.5. The Hall–Kier alpha value is -3.76. The molecule has 3 aromatic heterocycles. The van der Waals surface area contributed by atoms with Crippen LogP contribution in [-0.4, -0.2) is 40.2 Å². The highest BCUT2D eigenvalue weighted by molar-refractivity contribution is 5.75. The minimum atomic E-state index is -1.06. The van der Waals surface area contributed by atoms with Crippen LogP contribution in [0.4, 0.5) is 14.6 Å². The first kappa shape index (κ1) is 20.2. The van der Waals surface area contributed by atoms with Crippen LogP contribution in [0.1, 0.15) is 32.1 Å². The van der Waals surface area contributed by atoms with Gasteiger partial charge < -0.3 is 5.73 Å². The van der Waals surface area contributed by atoms with Gasteiger partial charge in [0.25, 0.3) is 0 Å². The number of benzene rings is 1. The molecule has 4 aromatic rings. The van der Waals surface area contributed by atoms with Gasteiger partial charge in [0, 0.05) is 18.3 Å². The van der Waals surface area contributed by atoms with E-state index in [1.54, 1.807) is 12.3 Å². The van der Waals surface area contributed by atoms with E-state index in [1.807, 2.05) is 10.9 Å². The van der Waals surface area contributed by atoms with Crippen LogP contribution in [0.5, 0.6) is 0 Å². The lowest BCUT2D eigenvalue weighted by Gasteiger charge is -2.20. The van der Waals surface area contributed by atoms with Gasteiger partial charge in [0.2, 0.25) is 0 Å². The third-order valence-corrected chi connectivity index (χ3v) is 5.79. The van der Waals surface area contributed by atoms with Gasteiger partial charge in [-0.2, -0.15) is 4.68 Å². The van der Waals surface area contributed by atoms with Crippen LogP contribution < -0.4 is 5.73 Å². The normalized spacial score (nSPS) is 14.7. The SMILES string of the molecule is Nc1ncc(-c2cn(CC3CCCCC3)nn2)cc1-c1nnnn1-c1cccc(F)c1F. The largest absolute Gasteiger partial charge is 0.383 e. The molecule has 1 aliphatic rings. The fourth-order valence-corrected chi connectivity index (χ4v) is 4.12. The van der Waals surface area contributed by atoms with Crippen molar-refractivity contribution in [2.75, 3.05) is 5.73 Å². The Kier molecular flexibility index (Phi) is 5.29. The highest BCUT2D eigenvalue weighted by atomic mass is 19.2. The van der Waals surface area contributed by atoms with Gasteiger partial charge in [-0.05, 0) is 47.4 Å². The van der Waals surface area contributed by atoms with Crippen LogP contribution in [0.25, 0.3) is 28.3 Å². The lowest BCUT2D eigenvalue weighted by molar-refractivity contribution is 0.305. The molecule has 5 rings (SSSR count). The predicted octanol–water partition coefficient (Wildman–Crippen LogP) is 3.42. The number of tetrazole rings is 1. The van der Waals surface area contributed by atoms with Gasteiger partial charge in [-0.1, -0.05) is 30.5 Å². The summed E-state index contributed by atoms with van der Waals surface area (Å²) in [5.74, 6) is -1.16. The number of nitrogens with two attached hydrogens (primary N) is 1. The lowest BCUT2D eigenvalue weighted by Crippen LogP contribution is -2.14. The van der Waals surface area contributed by atoms with E-state index in [0.717, 1.165) is 17.3 Å². The van der Waals surface area contributed by atoms with E-state index >= 15 is 0 Å². The van der Waals surface area contributed by atoms with Gasteiger partial charge in [-0.3, -0.25) is 4.68 Å². The molecule has 164 valence electrons. The summed E-state index contributed by atoms with van der Waals surface area (Å²) in [6.45, 7) is 0.833. The third kappa shape index (κ3) is 3.81. The van der Waals surface area contributed by atoms with Crippen molar-refractivity contribution in [3.8, 4) is 28.3 Å². The van der Waals surface area contributed by atoms with E-state index < -0.39 is 11.6 Å². The van der Waals surface area contributed by atoms with Gasteiger partial charge >= 0.3 is 0 Å². The second-order valence-electron chi connectivity index (χ2n) is 7.97. The summed E-state index contributed by atoms with van der Waals surface area (Å²) in [4.78, 5) is 4.24. The van der Waals surface area contributed by atoms with Gasteiger partial charge in [0.1, 0.15) is 17.2 Å². The van der Waals surface area contributed by atoms with Crippen molar-refractivity contribution in [2.24, 2.45) is 5.92 Å². The predicted molar refractivity (Wildman–Crippen MR) is 112 cm³/mol. The molecule has 9 nitrogen and oxygen atoms in total. The monoisotopic (exact) mass is 437 g/mol. The minimum Gasteiger partial charge on any atom is -0.383 e. The highest BCUT2D eigenvalue weighted by Crippen LogP contribution is 2.30. The zero-order valence-corrected chi connectivity index (χ0v) is 17.2. The molecule has 0 amide bonds. The summed E-state index contributed by atoms with van der Waals surface area (Å²) >= 11 is 0. The number of halogens is 2. The second-order valence-corrected chi connectivity index (χ2v) is 7.97. The first-order chi connectivity index (χ1) is 15.6. The second kappa shape index (κ2) is 8.40. The maximum atomic E-state index is 14.3. The standard InChI is InChI=1S/C21H21F2N9/c22-16-7-4-8-18(19(16)23)32-21(27-28-30-32)15-9-14(10-25-20(15)24)17-12-31(29-26-17)11-13-5-2-1-3-6-13/h4,7-10,12-13H,1-3,5-6,11H2,(H2,24,25). The van der Waals surface area contributed by atoms with Crippen molar-refractivity contribution in [1.29, 1.82) is 0 Å². The zero-order valence-electron chi connectivity index (χ0n) is 17.2. The number of aromatic nitrogens is 8. The highest BCUT2D eigenvalue weighted by Gasteiger charge is 2.20. The molecular formula is C21H21F2N9. The molecule has 3 heterocycles. The van der Waals surface area contributed by atoms with Crippen molar-refractivity contribution < 1.29 is 8.78 Å². The van der Waals surface area contributed by atoms with Gasteiger partial charge in [0.05, 0.1) is 11.8 Å². The zero-order chi connectivity index (χ0) is 22.1. The smallest absolute Gasteiger partial charge is 0.190 e. The number of pyridine rings is 1. The van der Waals surface area contributed by atoms with Crippen molar-refractivity contribution in [2.45, 2.75) is 38.6 Å². The summed E-state index contributed by atoms with van der Waals surface area (Å²) in [6, 6.07) is 5.50. The Balaban J connectivity index is 1.47. The Labute approximate surface area is 182 Å². The molecule has 0 bridgehead atoms. The molecule has 11 heteroatoms. The van der Waals surface area contributed by atoms with Crippen molar-refractivity contribution in [3.05, 3.63) is 48.3 Å². The van der Waals surface area contributed by atoms with E-state index in [4.69, 9.17) is 5.73 Å². The number of rotatable bonds is 5. The number of nitrogens with zero attached hydrogens (tertiary/aromatic N) is 8. The Morgan fingerprint density at radius 3 is 2.75 bits per heavy atom. The summed E-state index contributed by atoms with van der Waals surface area (Å²) in [6.07, 6.45) is 9.71. The van der Waals surface area contributed by atoms with Crippen molar-refractivity contribution >= 4 is 5.82 Å². The topological polar surface area (TPSA) is 113 Å². The molecule has 0 atom stereocenters. The van der Waals surface area contributed by atoms with Gasteiger partial charge in [0.15, 0.2) is 17.5 Å². The number of nitrogen functional groups attached to an aromatic ring is 1. The summed E-state index contributed by atoms with van der Waals surface area (Å²) < 4.78 is 31.0. The summed E-state index contributed by atoms with van der Waals surface area (Å²) in [5.41, 5.74) is 7.61. The summed E-state index contributed by atoms with van der Waals surface area (Å²) in [7, 11) is 0. The van der Waals surface area contributed by atoms with Crippen molar-refractivity contribution in [3.63, 3.8) is 0 Å². The number of hydrogen-bond donors (Lipinski definition) is 1. The van der Waals surface area contributed by atoms with Crippen LogP contribution in [0.15, 0.2) is 36.7 Å². The lowest BCUT2D eigenvalue weighted by atomic mass is 9.89. The minimum absolute atomic E-state index is 0.131. The number of anilines is 1. The molecule has 0 aliphatic heterocycles. The fraction of sp³-hybridized carbons (Fsp3) is 0.333. The van der Waals surface area contributed by atoms with E-state index in [1.165, 1.54) is 44.2 Å². The average Bonchev–Trinajstić information content (AvgIpc) is 3.47. The van der Waals surface area contributed by atoms with Gasteiger partial charge in [-0.15, -0.1) is 10.2 Å². The van der Waals surface area contributed by atoms with Gasteiger partial charge in [-0.25, -0.2) is 13.8 Å². The number of hydrogen-bond acceptors (Lipinski definition) is 7. The van der Waals surface area contributed by atoms with Crippen LogP contribution in [0, 0.1) is 17.6 Å². The van der Waals surface area contributed by atoms with Crippen LogP contribution in [0.2, 0.25) is 0 Å². The molecule has 1 aliphatic carbocycles. The van der Waals surface area contributed by atoms with E-state index in [-0.39, 0.29) is 17.3 Å². The van der Waals surface area contributed by atoms with E-state index in [9.17, 15) is 8.78 Å².